The van der Waals surface area contributed by atoms with Crippen LogP contribution in [0.2, 0.25) is 0 Å². The van der Waals surface area contributed by atoms with Crippen LogP contribution in [0, 0.1) is 0 Å². The maximum absolute atomic E-state index is 11.8. The van der Waals surface area contributed by atoms with E-state index in [0.29, 0.717) is 0 Å². The molecule has 0 aliphatic carbocycles. The van der Waals surface area contributed by atoms with Gasteiger partial charge in [0, 0.05) is 0 Å². The molecule has 9 nitrogen and oxygen atoms in total. The van der Waals surface area contributed by atoms with Crippen LogP contribution in [-0.4, -0.2) is 33.3 Å². The van der Waals surface area contributed by atoms with Crippen LogP contribution >= 0.6 is 0 Å². The third-order valence-electron chi connectivity index (χ3n) is 2.65. The topological polar surface area (TPSA) is 132 Å². The minimum absolute atomic E-state index is 0.158. The van der Waals surface area contributed by atoms with Crippen LogP contribution in [0.4, 0.5) is 5.82 Å². The first-order chi connectivity index (χ1) is 10.6. The Morgan fingerprint density at radius 3 is 2.73 bits per heavy atom. The summed E-state index contributed by atoms with van der Waals surface area (Å²) in [6, 6.07) is 8.47. The molecular weight excluding hydrogens is 288 g/mol. The summed E-state index contributed by atoms with van der Waals surface area (Å²) in [6.07, 6.45) is 1.50. The zero-order valence-electron chi connectivity index (χ0n) is 11.7. The van der Waals surface area contributed by atoms with Crippen molar-refractivity contribution in [3.63, 3.8) is 0 Å². The number of aromatic nitrogens is 3. The van der Waals surface area contributed by atoms with Gasteiger partial charge in [0.15, 0.2) is 0 Å². The van der Waals surface area contributed by atoms with Crippen molar-refractivity contribution in [1.29, 1.82) is 0 Å². The van der Waals surface area contributed by atoms with Crippen molar-refractivity contribution in [3.05, 3.63) is 56.7 Å². The van der Waals surface area contributed by atoms with Gasteiger partial charge in [-0.3, -0.25) is 14.6 Å². The molecule has 0 spiro atoms. The Hall–Kier alpha value is -3.23. The third-order valence-corrected chi connectivity index (χ3v) is 2.65. The van der Waals surface area contributed by atoms with Crippen molar-refractivity contribution in [2.75, 3.05) is 5.32 Å². The number of anilines is 1. The first kappa shape index (κ1) is 15.2. The lowest BCUT2D eigenvalue weighted by Crippen LogP contribution is -2.38. The van der Waals surface area contributed by atoms with Crippen LogP contribution in [-0.2, 0) is 4.79 Å². The zero-order chi connectivity index (χ0) is 15.9. The number of nitrogens with zero attached hydrogens (tertiary/aromatic N) is 2. The summed E-state index contributed by atoms with van der Waals surface area (Å²) in [5, 5.41) is 12.0. The molecule has 1 atom stereocenters. The maximum Gasteiger partial charge on any atom is 0.342 e. The minimum Gasteiger partial charge on any atom is -0.353 e. The highest BCUT2D eigenvalue weighted by molar-refractivity contribution is 5.86. The molecular formula is C13H14N6O3. The Morgan fingerprint density at radius 1 is 1.32 bits per heavy atom. The predicted octanol–water partition coefficient (Wildman–Crippen LogP) is -0.591. The summed E-state index contributed by atoms with van der Waals surface area (Å²) < 4.78 is 0. The molecule has 2 aromatic rings. The number of hydrazone groups is 1. The molecule has 0 unspecified atom stereocenters. The number of nitrogens with one attached hydrogen (secondary N) is 4. The summed E-state index contributed by atoms with van der Waals surface area (Å²) in [5.41, 5.74) is 1.74. The van der Waals surface area contributed by atoms with Crippen LogP contribution in [0.3, 0.4) is 0 Å². The van der Waals surface area contributed by atoms with Crippen molar-refractivity contribution in [1.82, 2.24) is 20.6 Å². The van der Waals surface area contributed by atoms with Gasteiger partial charge in [0.2, 0.25) is 5.82 Å². The second-order valence-corrected chi connectivity index (χ2v) is 4.37. The number of rotatable bonds is 5. The van der Waals surface area contributed by atoms with Gasteiger partial charge in [-0.2, -0.15) is 5.10 Å². The van der Waals surface area contributed by atoms with Gasteiger partial charge in [-0.05, 0) is 12.5 Å². The van der Waals surface area contributed by atoms with E-state index in [2.05, 4.69) is 26.0 Å². The van der Waals surface area contributed by atoms with Crippen molar-refractivity contribution in [2.24, 2.45) is 5.10 Å². The molecule has 9 heteroatoms. The Kier molecular flexibility index (Phi) is 4.81. The van der Waals surface area contributed by atoms with Crippen LogP contribution in [0.15, 0.2) is 45.0 Å². The summed E-state index contributed by atoms with van der Waals surface area (Å²) in [4.78, 5) is 36.1. The molecule has 0 radical (unpaired) electrons. The second-order valence-electron chi connectivity index (χ2n) is 4.37. The molecule has 4 N–H and O–H groups in total. The van der Waals surface area contributed by atoms with Crippen molar-refractivity contribution in [2.45, 2.75) is 13.0 Å². The van der Waals surface area contributed by atoms with Crippen molar-refractivity contribution >= 4 is 17.9 Å². The lowest BCUT2D eigenvalue weighted by atomic mass is 10.2. The van der Waals surface area contributed by atoms with E-state index in [1.54, 1.807) is 0 Å². The van der Waals surface area contributed by atoms with E-state index in [0.717, 1.165) is 5.56 Å². The Balaban J connectivity index is 1.93. The molecule has 0 fully saturated rings. The van der Waals surface area contributed by atoms with E-state index in [9.17, 15) is 14.4 Å². The fourth-order valence-corrected chi connectivity index (χ4v) is 1.52. The maximum atomic E-state index is 11.8. The van der Waals surface area contributed by atoms with Gasteiger partial charge < -0.3 is 5.32 Å². The predicted molar refractivity (Wildman–Crippen MR) is 80.7 cm³/mol. The highest BCUT2D eigenvalue weighted by Crippen LogP contribution is 1.95. The lowest BCUT2D eigenvalue weighted by molar-refractivity contribution is -0.121. The van der Waals surface area contributed by atoms with Crippen LogP contribution in [0.1, 0.15) is 12.5 Å². The van der Waals surface area contributed by atoms with E-state index in [4.69, 9.17) is 0 Å². The molecule has 0 aliphatic rings. The molecule has 1 aromatic heterocycles. The van der Waals surface area contributed by atoms with Crippen molar-refractivity contribution in [3.8, 4) is 0 Å². The number of benzene rings is 1. The number of aromatic amines is 2. The quantitative estimate of drug-likeness (QED) is 0.433. The number of carbonyl (C=O) groups is 1. The molecule has 1 amide bonds. The number of hydrogen-bond acceptors (Lipinski definition) is 6. The Labute approximate surface area is 124 Å². The van der Waals surface area contributed by atoms with Crippen LogP contribution in [0.25, 0.3) is 0 Å². The van der Waals surface area contributed by atoms with Gasteiger partial charge in [0.25, 0.3) is 11.5 Å². The van der Waals surface area contributed by atoms with E-state index < -0.39 is 23.2 Å². The number of H-pyrrole nitrogens is 2. The normalized spacial score (nSPS) is 12.0. The zero-order valence-corrected chi connectivity index (χ0v) is 11.7. The van der Waals surface area contributed by atoms with Gasteiger partial charge in [-0.1, -0.05) is 30.3 Å². The average molecular weight is 302 g/mol. The van der Waals surface area contributed by atoms with Gasteiger partial charge in [-0.15, -0.1) is 5.10 Å². The summed E-state index contributed by atoms with van der Waals surface area (Å²) >= 11 is 0. The SMILES string of the molecule is C[C@@H](Nc1n[nH]c(=O)[nH]c1=O)C(=O)N/N=C/c1ccccc1. The van der Waals surface area contributed by atoms with E-state index in [1.807, 2.05) is 35.3 Å². The molecule has 0 saturated heterocycles. The molecule has 0 aliphatic heterocycles. The first-order valence-corrected chi connectivity index (χ1v) is 6.40. The molecule has 22 heavy (non-hydrogen) atoms. The smallest absolute Gasteiger partial charge is 0.342 e. The van der Waals surface area contributed by atoms with Gasteiger partial charge in [0.05, 0.1) is 6.21 Å². The molecule has 2 rings (SSSR count). The molecule has 0 bridgehead atoms. The fraction of sp³-hybridized carbons (Fsp3) is 0.154. The monoisotopic (exact) mass is 302 g/mol. The van der Waals surface area contributed by atoms with Crippen LogP contribution in [0.5, 0.6) is 0 Å². The third kappa shape index (κ3) is 4.13. The molecule has 0 saturated carbocycles. The fourth-order valence-electron chi connectivity index (χ4n) is 1.52. The lowest BCUT2D eigenvalue weighted by Gasteiger charge is -2.11. The number of amides is 1. The van der Waals surface area contributed by atoms with E-state index in [-0.39, 0.29) is 5.82 Å². The average Bonchev–Trinajstić information content (AvgIpc) is 2.51. The standard InChI is InChI=1S/C13H14N6O3/c1-8(15-10-12(21)16-13(22)19-17-10)11(20)18-14-7-9-5-3-2-4-6-9/h2-8H,1H3,(H,15,17)(H,18,20)(H2,16,19,21,22)/b14-7+/t8-/m1/s1. The van der Waals surface area contributed by atoms with Gasteiger partial charge in [-0.25, -0.2) is 15.3 Å². The molecule has 1 heterocycles. The largest absolute Gasteiger partial charge is 0.353 e. The summed E-state index contributed by atoms with van der Waals surface area (Å²) in [6.45, 7) is 1.53. The van der Waals surface area contributed by atoms with Gasteiger partial charge in [0.1, 0.15) is 6.04 Å². The second kappa shape index (κ2) is 6.97. The Bertz CT molecular complexity index is 780. The highest BCUT2D eigenvalue weighted by atomic mass is 16.2. The number of carbonyl (C=O) groups excluding carboxylic acids is 1. The number of hydrogen-bond donors (Lipinski definition) is 4. The van der Waals surface area contributed by atoms with Crippen molar-refractivity contribution < 1.29 is 4.79 Å². The highest BCUT2D eigenvalue weighted by Gasteiger charge is 2.14. The van der Waals surface area contributed by atoms with Gasteiger partial charge >= 0.3 is 5.69 Å². The van der Waals surface area contributed by atoms with Crippen LogP contribution < -0.4 is 22.0 Å². The summed E-state index contributed by atoms with van der Waals surface area (Å²) in [5.74, 6) is -0.617. The summed E-state index contributed by atoms with van der Waals surface area (Å²) in [7, 11) is 0. The van der Waals surface area contributed by atoms with E-state index >= 15 is 0 Å². The first-order valence-electron chi connectivity index (χ1n) is 6.40. The van der Waals surface area contributed by atoms with E-state index in [1.165, 1.54) is 13.1 Å². The minimum atomic E-state index is -0.771. The molecule has 114 valence electrons. The Morgan fingerprint density at radius 2 is 2.05 bits per heavy atom. The molecule has 1 aromatic carbocycles.